The molecule has 1 heterocycles. The standard InChI is InChI=1S/C22H26F3N3O3S/c1-4-5-6-19-16(8-10-20(27-19)22(23,24)25)13-17(21(26)29)12-15-7-9-18(14(2)11-15)28-32(3,30)31/h7-11,13,28H,4-6,12H2,1-3H3,(H2,26,29). The molecular formula is C22H26F3N3O3S. The molecule has 0 unspecified atom stereocenters. The lowest BCUT2D eigenvalue weighted by Gasteiger charge is -2.13. The lowest BCUT2D eigenvalue weighted by molar-refractivity contribution is -0.141. The highest BCUT2D eigenvalue weighted by molar-refractivity contribution is 7.92. The van der Waals surface area contributed by atoms with E-state index in [-0.39, 0.29) is 17.7 Å². The van der Waals surface area contributed by atoms with Gasteiger partial charge < -0.3 is 5.73 Å². The highest BCUT2D eigenvalue weighted by Crippen LogP contribution is 2.29. The van der Waals surface area contributed by atoms with Gasteiger partial charge in [0.15, 0.2) is 0 Å². The number of benzene rings is 1. The number of anilines is 1. The van der Waals surface area contributed by atoms with Crippen LogP contribution in [-0.4, -0.2) is 25.6 Å². The van der Waals surface area contributed by atoms with Crippen molar-refractivity contribution in [1.29, 1.82) is 0 Å². The van der Waals surface area contributed by atoms with Gasteiger partial charge in [0, 0.05) is 17.7 Å². The van der Waals surface area contributed by atoms with E-state index in [1.54, 1.807) is 25.1 Å². The van der Waals surface area contributed by atoms with Crippen LogP contribution in [0.2, 0.25) is 0 Å². The van der Waals surface area contributed by atoms with Crippen LogP contribution >= 0.6 is 0 Å². The smallest absolute Gasteiger partial charge is 0.366 e. The van der Waals surface area contributed by atoms with E-state index in [0.717, 1.165) is 18.7 Å². The third-order valence-corrected chi connectivity index (χ3v) is 5.28. The summed E-state index contributed by atoms with van der Waals surface area (Å²) in [7, 11) is -3.44. The molecule has 2 aromatic rings. The predicted octanol–water partition coefficient (Wildman–Crippen LogP) is 4.23. The fourth-order valence-corrected chi connectivity index (χ4v) is 3.74. The summed E-state index contributed by atoms with van der Waals surface area (Å²) in [6.45, 7) is 3.63. The number of amides is 1. The zero-order valence-electron chi connectivity index (χ0n) is 18.1. The number of hydrogen-bond acceptors (Lipinski definition) is 4. The van der Waals surface area contributed by atoms with Crippen LogP contribution in [0.25, 0.3) is 6.08 Å². The van der Waals surface area contributed by atoms with E-state index in [1.807, 2.05) is 6.92 Å². The molecule has 2 rings (SSSR count). The maximum Gasteiger partial charge on any atom is 0.433 e. The van der Waals surface area contributed by atoms with Gasteiger partial charge in [-0.3, -0.25) is 9.52 Å². The lowest BCUT2D eigenvalue weighted by atomic mass is 9.98. The predicted molar refractivity (Wildman–Crippen MR) is 118 cm³/mol. The van der Waals surface area contributed by atoms with E-state index in [9.17, 15) is 26.4 Å². The van der Waals surface area contributed by atoms with Crippen LogP contribution < -0.4 is 10.5 Å². The number of alkyl halides is 3. The van der Waals surface area contributed by atoms with Crippen LogP contribution in [0.3, 0.4) is 0 Å². The van der Waals surface area contributed by atoms with Gasteiger partial charge in [0.1, 0.15) is 5.69 Å². The third kappa shape index (κ3) is 7.37. The van der Waals surface area contributed by atoms with Crippen molar-refractivity contribution in [2.45, 2.75) is 45.7 Å². The Morgan fingerprint density at radius 2 is 1.91 bits per heavy atom. The molecule has 10 heteroatoms. The number of nitrogens with one attached hydrogen (secondary N) is 1. The highest BCUT2D eigenvalue weighted by Gasteiger charge is 2.32. The molecule has 174 valence electrons. The monoisotopic (exact) mass is 469 g/mol. The van der Waals surface area contributed by atoms with Gasteiger partial charge in [-0.25, -0.2) is 13.4 Å². The molecule has 0 fully saturated rings. The first-order valence-corrected chi connectivity index (χ1v) is 11.8. The van der Waals surface area contributed by atoms with Crippen LogP contribution in [-0.2, 0) is 33.8 Å². The number of pyridine rings is 1. The van der Waals surface area contributed by atoms with Crippen molar-refractivity contribution in [3.63, 3.8) is 0 Å². The number of nitrogens with two attached hydrogens (primary N) is 1. The maximum absolute atomic E-state index is 13.1. The van der Waals surface area contributed by atoms with E-state index < -0.39 is 27.8 Å². The quantitative estimate of drug-likeness (QED) is 0.537. The zero-order valence-corrected chi connectivity index (χ0v) is 18.9. The summed E-state index contributed by atoms with van der Waals surface area (Å²) in [5, 5.41) is 0. The summed E-state index contributed by atoms with van der Waals surface area (Å²) >= 11 is 0. The number of carbonyl (C=O) groups excluding carboxylic acids is 1. The van der Waals surface area contributed by atoms with Gasteiger partial charge in [0.05, 0.1) is 11.9 Å². The molecule has 0 aliphatic rings. The third-order valence-electron chi connectivity index (χ3n) is 4.69. The molecule has 0 aliphatic carbocycles. The average Bonchev–Trinajstić information content (AvgIpc) is 2.66. The number of hydrogen-bond donors (Lipinski definition) is 2. The second-order valence-electron chi connectivity index (χ2n) is 7.57. The van der Waals surface area contributed by atoms with E-state index in [2.05, 4.69) is 9.71 Å². The summed E-state index contributed by atoms with van der Waals surface area (Å²) in [6.07, 6.45) is -0.158. The number of halogens is 3. The highest BCUT2D eigenvalue weighted by atomic mass is 32.2. The van der Waals surface area contributed by atoms with E-state index >= 15 is 0 Å². The molecule has 1 amide bonds. The van der Waals surface area contributed by atoms with Crippen molar-refractivity contribution < 1.29 is 26.4 Å². The summed E-state index contributed by atoms with van der Waals surface area (Å²) in [5.41, 5.74) is 7.18. The molecule has 0 radical (unpaired) electrons. The van der Waals surface area contributed by atoms with Gasteiger partial charge in [-0.05, 0) is 54.7 Å². The number of primary amides is 1. The number of sulfonamides is 1. The molecule has 0 saturated carbocycles. The Bertz CT molecular complexity index is 1130. The summed E-state index contributed by atoms with van der Waals surface area (Å²) in [5.74, 6) is -0.706. The zero-order chi connectivity index (χ0) is 24.1. The Hall–Kier alpha value is -2.88. The van der Waals surface area contributed by atoms with Gasteiger partial charge in [0.2, 0.25) is 15.9 Å². The molecule has 0 atom stereocenters. The fraction of sp³-hybridized carbons (Fsp3) is 0.364. The molecule has 1 aromatic carbocycles. The summed E-state index contributed by atoms with van der Waals surface area (Å²) in [4.78, 5) is 15.8. The molecule has 3 N–H and O–H groups in total. The molecule has 6 nitrogen and oxygen atoms in total. The maximum atomic E-state index is 13.1. The van der Waals surface area contributed by atoms with Gasteiger partial charge in [-0.15, -0.1) is 0 Å². The minimum Gasteiger partial charge on any atom is -0.366 e. The van der Waals surface area contributed by atoms with Crippen LogP contribution in [0.1, 0.15) is 47.8 Å². The summed E-state index contributed by atoms with van der Waals surface area (Å²) < 4.78 is 64.5. The average molecular weight is 470 g/mol. The Morgan fingerprint density at radius 3 is 2.44 bits per heavy atom. The van der Waals surface area contributed by atoms with Crippen molar-refractivity contribution in [2.75, 3.05) is 11.0 Å². The Morgan fingerprint density at radius 1 is 1.22 bits per heavy atom. The van der Waals surface area contributed by atoms with E-state index in [4.69, 9.17) is 5.73 Å². The second kappa shape index (κ2) is 10.2. The van der Waals surface area contributed by atoms with Gasteiger partial charge >= 0.3 is 6.18 Å². The van der Waals surface area contributed by atoms with Crippen molar-refractivity contribution in [1.82, 2.24) is 4.98 Å². The van der Waals surface area contributed by atoms with Crippen molar-refractivity contribution >= 4 is 27.7 Å². The number of carbonyl (C=O) groups is 1. The minimum atomic E-state index is -4.56. The molecular weight excluding hydrogens is 443 g/mol. The SMILES string of the molecule is CCCCc1nc(C(F)(F)F)ccc1C=C(Cc1ccc(NS(C)(=O)=O)c(C)c1)C(N)=O. The number of aryl methyl sites for hydroxylation is 2. The van der Waals surface area contributed by atoms with Crippen molar-refractivity contribution in [2.24, 2.45) is 5.73 Å². The lowest BCUT2D eigenvalue weighted by Crippen LogP contribution is -2.16. The van der Waals surface area contributed by atoms with Gasteiger partial charge in [-0.2, -0.15) is 13.2 Å². The minimum absolute atomic E-state index is 0.129. The molecule has 0 aliphatic heterocycles. The fourth-order valence-electron chi connectivity index (χ4n) is 3.11. The number of unbranched alkanes of at least 4 members (excludes halogenated alkanes) is 1. The number of nitrogens with zero attached hydrogens (tertiary/aromatic N) is 1. The Labute approximate surface area is 185 Å². The van der Waals surface area contributed by atoms with Crippen LogP contribution in [0, 0.1) is 6.92 Å². The molecule has 32 heavy (non-hydrogen) atoms. The Kier molecular flexibility index (Phi) is 8.06. The topological polar surface area (TPSA) is 102 Å². The molecule has 0 bridgehead atoms. The second-order valence-corrected chi connectivity index (χ2v) is 9.32. The van der Waals surface area contributed by atoms with Crippen LogP contribution in [0.4, 0.5) is 18.9 Å². The normalized spacial score (nSPS) is 12.6. The molecule has 0 spiro atoms. The Balaban J connectivity index is 2.41. The van der Waals surface area contributed by atoms with Crippen molar-refractivity contribution in [3.05, 3.63) is 64.0 Å². The first kappa shape index (κ1) is 25.4. The number of aromatic nitrogens is 1. The van der Waals surface area contributed by atoms with Gasteiger partial charge in [0.25, 0.3) is 0 Å². The summed E-state index contributed by atoms with van der Waals surface area (Å²) in [6, 6.07) is 7.13. The first-order valence-electron chi connectivity index (χ1n) is 9.95. The van der Waals surface area contributed by atoms with Crippen molar-refractivity contribution in [3.8, 4) is 0 Å². The largest absolute Gasteiger partial charge is 0.433 e. The molecule has 0 saturated heterocycles. The van der Waals surface area contributed by atoms with E-state index in [0.29, 0.717) is 35.2 Å². The number of rotatable bonds is 9. The van der Waals surface area contributed by atoms with Crippen LogP contribution in [0.15, 0.2) is 35.9 Å². The van der Waals surface area contributed by atoms with Crippen LogP contribution in [0.5, 0.6) is 0 Å². The van der Waals surface area contributed by atoms with E-state index in [1.165, 1.54) is 12.1 Å². The van der Waals surface area contributed by atoms with Gasteiger partial charge in [-0.1, -0.05) is 31.5 Å². The first-order chi connectivity index (χ1) is 14.8. The molecule has 1 aromatic heterocycles.